The van der Waals surface area contributed by atoms with Gasteiger partial charge >= 0.3 is 0 Å². The van der Waals surface area contributed by atoms with Crippen LogP contribution in [-0.2, 0) is 26.9 Å². The van der Waals surface area contributed by atoms with E-state index in [4.69, 9.17) is 0 Å². The number of sulfonamides is 1. The molecule has 1 saturated heterocycles. The van der Waals surface area contributed by atoms with E-state index < -0.39 is 15.6 Å². The Morgan fingerprint density at radius 2 is 1.68 bits per heavy atom. The number of benzene rings is 2. The Labute approximate surface area is 166 Å². The van der Waals surface area contributed by atoms with Gasteiger partial charge in [0.05, 0.1) is 10.4 Å². The van der Waals surface area contributed by atoms with E-state index in [0.29, 0.717) is 31.0 Å². The van der Waals surface area contributed by atoms with E-state index in [0.717, 1.165) is 24.0 Å². The van der Waals surface area contributed by atoms with Gasteiger partial charge in [0.2, 0.25) is 15.9 Å². The van der Waals surface area contributed by atoms with E-state index in [2.05, 4.69) is 0 Å². The fraction of sp³-hybridized carbons (Fsp3) is 0.409. The molecule has 28 heavy (non-hydrogen) atoms. The molecular weight excluding hydrogens is 372 g/mol. The van der Waals surface area contributed by atoms with Crippen molar-refractivity contribution in [1.82, 2.24) is 9.21 Å². The number of carbonyl (C=O) groups is 1. The highest BCUT2D eigenvalue weighted by Crippen LogP contribution is 2.52. The molecule has 1 aliphatic carbocycles. The third-order valence-electron chi connectivity index (χ3n) is 6.65. The Morgan fingerprint density at radius 3 is 2.39 bits per heavy atom. The van der Waals surface area contributed by atoms with E-state index in [1.807, 2.05) is 54.3 Å². The van der Waals surface area contributed by atoms with Crippen LogP contribution in [0.3, 0.4) is 0 Å². The van der Waals surface area contributed by atoms with Gasteiger partial charge in [-0.1, -0.05) is 55.5 Å². The monoisotopic (exact) mass is 396 g/mol. The molecule has 5 rings (SSSR count). The first-order valence-corrected chi connectivity index (χ1v) is 11.3. The molecule has 2 aromatic carbocycles. The summed E-state index contributed by atoms with van der Waals surface area (Å²) in [7, 11) is -3.61. The standard InChI is InChI=1S/C22H24N2O3S/c1-21(11-12-21)20(25)23-14-13-22(16-23)18-9-5-6-10-19(18)28(26,27)24(22)15-17-7-3-2-4-8-17/h2-10H,11-16H2,1H3. The molecule has 1 amide bonds. The first-order chi connectivity index (χ1) is 13.4. The maximum absolute atomic E-state index is 13.5. The van der Waals surface area contributed by atoms with Crippen molar-refractivity contribution in [3.05, 3.63) is 65.7 Å². The van der Waals surface area contributed by atoms with Gasteiger partial charge in [-0.25, -0.2) is 8.42 Å². The van der Waals surface area contributed by atoms with Gasteiger partial charge in [0.15, 0.2) is 0 Å². The van der Waals surface area contributed by atoms with Crippen LogP contribution < -0.4 is 0 Å². The normalized spacial score (nSPS) is 27.1. The number of fused-ring (bicyclic) bond motifs is 2. The fourth-order valence-electron chi connectivity index (χ4n) is 4.72. The van der Waals surface area contributed by atoms with Crippen LogP contribution in [0.1, 0.15) is 37.3 Å². The highest BCUT2D eigenvalue weighted by atomic mass is 32.2. The Bertz CT molecular complexity index is 1050. The lowest BCUT2D eigenvalue weighted by atomic mass is 9.88. The lowest BCUT2D eigenvalue weighted by Gasteiger charge is -2.34. The van der Waals surface area contributed by atoms with Crippen molar-refractivity contribution < 1.29 is 13.2 Å². The largest absolute Gasteiger partial charge is 0.340 e. The highest BCUT2D eigenvalue weighted by molar-refractivity contribution is 7.89. The topological polar surface area (TPSA) is 57.7 Å². The number of hydrogen-bond acceptors (Lipinski definition) is 3. The summed E-state index contributed by atoms with van der Waals surface area (Å²) in [5, 5.41) is 0. The van der Waals surface area contributed by atoms with Gasteiger partial charge in [-0.15, -0.1) is 0 Å². The first-order valence-electron chi connectivity index (χ1n) is 9.83. The van der Waals surface area contributed by atoms with Crippen LogP contribution in [0.25, 0.3) is 0 Å². The molecule has 0 N–H and O–H groups in total. The van der Waals surface area contributed by atoms with Crippen LogP contribution in [0.4, 0.5) is 0 Å². The molecule has 2 aliphatic heterocycles. The molecule has 2 heterocycles. The van der Waals surface area contributed by atoms with Crippen molar-refractivity contribution >= 4 is 15.9 Å². The predicted molar refractivity (Wildman–Crippen MR) is 106 cm³/mol. The van der Waals surface area contributed by atoms with E-state index in [-0.39, 0.29) is 11.3 Å². The van der Waals surface area contributed by atoms with Gasteiger partial charge in [-0.2, -0.15) is 4.31 Å². The molecule has 3 aliphatic rings. The molecule has 5 nitrogen and oxygen atoms in total. The number of rotatable bonds is 3. The van der Waals surface area contributed by atoms with Crippen LogP contribution in [0.2, 0.25) is 0 Å². The Morgan fingerprint density at radius 1 is 1.00 bits per heavy atom. The van der Waals surface area contributed by atoms with Gasteiger partial charge in [0.25, 0.3) is 0 Å². The molecule has 0 bridgehead atoms. The quantitative estimate of drug-likeness (QED) is 0.801. The average molecular weight is 397 g/mol. The average Bonchev–Trinajstić information content (AvgIpc) is 3.26. The van der Waals surface area contributed by atoms with Crippen molar-refractivity contribution in [2.75, 3.05) is 13.1 Å². The van der Waals surface area contributed by atoms with Crippen molar-refractivity contribution in [3.63, 3.8) is 0 Å². The minimum atomic E-state index is -3.61. The van der Waals surface area contributed by atoms with Crippen molar-refractivity contribution in [2.24, 2.45) is 5.41 Å². The van der Waals surface area contributed by atoms with Crippen molar-refractivity contribution in [3.8, 4) is 0 Å². The molecule has 1 atom stereocenters. The first kappa shape index (κ1) is 17.9. The smallest absolute Gasteiger partial charge is 0.244 e. The maximum atomic E-state index is 13.5. The molecule has 146 valence electrons. The summed E-state index contributed by atoms with van der Waals surface area (Å²) in [5.41, 5.74) is 0.873. The summed E-state index contributed by atoms with van der Waals surface area (Å²) in [4.78, 5) is 15.2. The minimum absolute atomic E-state index is 0.172. The zero-order chi connectivity index (χ0) is 19.6. The van der Waals surface area contributed by atoms with Gasteiger partial charge in [-0.3, -0.25) is 4.79 Å². The summed E-state index contributed by atoms with van der Waals surface area (Å²) >= 11 is 0. The summed E-state index contributed by atoms with van der Waals surface area (Å²) in [5.74, 6) is 0.172. The SMILES string of the molecule is CC1(C(=O)N2CCC3(C2)c2ccccc2S(=O)(=O)N3Cc2ccccc2)CC1. The van der Waals surface area contributed by atoms with Gasteiger partial charge < -0.3 is 4.90 Å². The van der Waals surface area contributed by atoms with Crippen LogP contribution in [-0.4, -0.2) is 36.6 Å². The van der Waals surface area contributed by atoms with Gasteiger partial charge in [0.1, 0.15) is 0 Å². The van der Waals surface area contributed by atoms with Crippen LogP contribution in [0, 0.1) is 5.41 Å². The summed E-state index contributed by atoms with van der Waals surface area (Å²) in [6.07, 6.45) is 2.49. The molecular formula is C22H24N2O3S. The Hall–Kier alpha value is -2.18. The molecule has 1 spiro atoms. The van der Waals surface area contributed by atoms with Gasteiger partial charge in [-0.05, 0) is 36.5 Å². The van der Waals surface area contributed by atoms with Crippen LogP contribution in [0.15, 0.2) is 59.5 Å². The predicted octanol–water partition coefficient (Wildman–Crippen LogP) is 3.12. The van der Waals surface area contributed by atoms with Crippen molar-refractivity contribution in [2.45, 2.75) is 43.2 Å². The molecule has 2 fully saturated rings. The lowest BCUT2D eigenvalue weighted by Crippen LogP contribution is -2.46. The van der Waals surface area contributed by atoms with E-state index in [1.165, 1.54) is 0 Å². The molecule has 1 unspecified atom stereocenters. The summed E-state index contributed by atoms with van der Waals surface area (Å²) in [6.45, 7) is 3.37. The third kappa shape index (κ3) is 2.47. The van der Waals surface area contributed by atoms with E-state index >= 15 is 0 Å². The van der Waals surface area contributed by atoms with E-state index in [1.54, 1.807) is 16.4 Å². The maximum Gasteiger partial charge on any atom is 0.244 e. The number of nitrogens with zero attached hydrogens (tertiary/aromatic N) is 2. The Kier molecular flexibility index (Phi) is 3.77. The zero-order valence-electron chi connectivity index (χ0n) is 16.0. The van der Waals surface area contributed by atoms with Crippen molar-refractivity contribution in [1.29, 1.82) is 0 Å². The second kappa shape index (κ2) is 5.91. The third-order valence-corrected chi connectivity index (χ3v) is 8.62. The van der Waals surface area contributed by atoms with Crippen LogP contribution in [0.5, 0.6) is 0 Å². The van der Waals surface area contributed by atoms with Crippen LogP contribution >= 0.6 is 0 Å². The fourth-order valence-corrected chi connectivity index (χ4v) is 6.77. The summed E-state index contributed by atoms with van der Waals surface area (Å²) < 4.78 is 28.6. The minimum Gasteiger partial charge on any atom is -0.340 e. The van der Waals surface area contributed by atoms with E-state index in [9.17, 15) is 13.2 Å². The highest BCUT2D eigenvalue weighted by Gasteiger charge is 2.59. The number of amides is 1. The summed E-state index contributed by atoms with van der Waals surface area (Å²) in [6, 6.07) is 17.0. The number of carbonyl (C=O) groups excluding carboxylic acids is 1. The second-order valence-electron chi connectivity index (χ2n) is 8.56. The lowest BCUT2D eigenvalue weighted by molar-refractivity contribution is -0.135. The number of likely N-dealkylation sites (tertiary alicyclic amines) is 1. The molecule has 0 aromatic heterocycles. The molecule has 0 radical (unpaired) electrons. The Balaban J connectivity index is 1.58. The van der Waals surface area contributed by atoms with Gasteiger partial charge in [0, 0.05) is 25.0 Å². The zero-order valence-corrected chi connectivity index (χ0v) is 16.8. The number of hydrogen-bond donors (Lipinski definition) is 0. The molecule has 6 heteroatoms. The second-order valence-corrected chi connectivity index (χ2v) is 10.4. The molecule has 2 aromatic rings. The molecule has 1 saturated carbocycles.